The summed E-state index contributed by atoms with van der Waals surface area (Å²) < 4.78 is 20.2. The Labute approximate surface area is 149 Å². The second-order valence-corrected chi connectivity index (χ2v) is 6.52. The average Bonchev–Trinajstić information content (AvgIpc) is 2.66. The normalized spacial score (nSPS) is 11.0. The van der Waals surface area contributed by atoms with E-state index in [0.717, 1.165) is 23.1 Å². The van der Waals surface area contributed by atoms with Crippen molar-refractivity contribution in [3.05, 3.63) is 66.0 Å². The maximum absolute atomic E-state index is 15.0. The molecule has 3 aromatic rings. The third-order valence-corrected chi connectivity index (χ3v) is 4.74. The third-order valence-electron chi connectivity index (χ3n) is 4.74. The molecule has 0 bridgehead atoms. The average molecular weight is 336 g/mol. The summed E-state index contributed by atoms with van der Waals surface area (Å²) in [6.07, 6.45) is 6.06. The summed E-state index contributed by atoms with van der Waals surface area (Å²) in [7, 11) is 1.63. The van der Waals surface area contributed by atoms with Gasteiger partial charge in [0.05, 0.1) is 7.11 Å². The van der Waals surface area contributed by atoms with Crippen molar-refractivity contribution in [3.8, 4) is 16.9 Å². The third kappa shape index (κ3) is 4.01. The van der Waals surface area contributed by atoms with E-state index in [2.05, 4.69) is 19.1 Å². The molecule has 0 unspecified atom stereocenters. The Kier molecular flexibility index (Phi) is 5.70. The minimum atomic E-state index is -0.153. The van der Waals surface area contributed by atoms with E-state index in [4.69, 9.17) is 4.74 Å². The number of aryl methyl sites for hydroxylation is 1. The molecule has 0 amide bonds. The van der Waals surface area contributed by atoms with Gasteiger partial charge in [0, 0.05) is 10.9 Å². The lowest BCUT2D eigenvalue weighted by Crippen LogP contribution is -1.90. The highest BCUT2D eigenvalue weighted by Gasteiger charge is 2.10. The zero-order valence-electron chi connectivity index (χ0n) is 15.0. The fraction of sp³-hybridized carbons (Fsp3) is 0.304. The highest BCUT2D eigenvalue weighted by molar-refractivity contribution is 5.88. The van der Waals surface area contributed by atoms with Crippen molar-refractivity contribution in [2.24, 2.45) is 0 Å². The SMILES string of the molecule is CCCCCCc1ccc2c(F)c(-c3ccc(OC)cc3)ccc2c1. The van der Waals surface area contributed by atoms with Gasteiger partial charge in [0.2, 0.25) is 0 Å². The van der Waals surface area contributed by atoms with E-state index >= 15 is 0 Å². The first-order chi connectivity index (χ1) is 12.2. The molecule has 2 heteroatoms. The van der Waals surface area contributed by atoms with Gasteiger partial charge in [0.15, 0.2) is 0 Å². The molecule has 0 spiro atoms. The Balaban J connectivity index is 1.86. The van der Waals surface area contributed by atoms with Crippen molar-refractivity contribution in [2.45, 2.75) is 39.0 Å². The quantitative estimate of drug-likeness (QED) is 0.432. The van der Waals surface area contributed by atoms with Gasteiger partial charge >= 0.3 is 0 Å². The summed E-state index contributed by atoms with van der Waals surface area (Å²) in [5.74, 6) is 0.623. The van der Waals surface area contributed by atoms with Crippen LogP contribution in [-0.4, -0.2) is 7.11 Å². The van der Waals surface area contributed by atoms with Crippen molar-refractivity contribution in [2.75, 3.05) is 7.11 Å². The van der Waals surface area contributed by atoms with Crippen molar-refractivity contribution in [3.63, 3.8) is 0 Å². The van der Waals surface area contributed by atoms with Gasteiger partial charge < -0.3 is 4.74 Å². The van der Waals surface area contributed by atoms with Crippen molar-refractivity contribution >= 4 is 10.8 Å². The van der Waals surface area contributed by atoms with Crippen LogP contribution < -0.4 is 4.74 Å². The first kappa shape index (κ1) is 17.5. The Morgan fingerprint density at radius 3 is 2.40 bits per heavy atom. The maximum Gasteiger partial charge on any atom is 0.138 e. The summed E-state index contributed by atoms with van der Waals surface area (Å²) >= 11 is 0. The predicted octanol–water partition coefficient (Wildman–Crippen LogP) is 6.78. The van der Waals surface area contributed by atoms with Crippen LogP contribution in [0.2, 0.25) is 0 Å². The lowest BCUT2D eigenvalue weighted by Gasteiger charge is -2.09. The van der Waals surface area contributed by atoms with E-state index in [1.54, 1.807) is 7.11 Å². The molecule has 0 aliphatic rings. The van der Waals surface area contributed by atoms with Crippen LogP contribution in [0.25, 0.3) is 21.9 Å². The van der Waals surface area contributed by atoms with Crippen LogP contribution in [0.15, 0.2) is 54.6 Å². The van der Waals surface area contributed by atoms with Crippen LogP contribution in [0.3, 0.4) is 0 Å². The zero-order chi connectivity index (χ0) is 17.6. The topological polar surface area (TPSA) is 9.23 Å². The number of hydrogen-bond acceptors (Lipinski definition) is 1. The minimum absolute atomic E-state index is 0.153. The van der Waals surface area contributed by atoms with Crippen LogP contribution in [0.1, 0.15) is 38.2 Å². The largest absolute Gasteiger partial charge is 0.497 e. The fourth-order valence-electron chi connectivity index (χ4n) is 3.25. The molecule has 3 aromatic carbocycles. The molecule has 0 aromatic heterocycles. The number of fused-ring (bicyclic) bond motifs is 1. The number of hydrogen-bond donors (Lipinski definition) is 0. The molecule has 0 heterocycles. The van der Waals surface area contributed by atoms with Gasteiger partial charge in [-0.3, -0.25) is 0 Å². The van der Waals surface area contributed by atoms with Crippen molar-refractivity contribution in [1.29, 1.82) is 0 Å². The monoisotopic (exact) mass is 336 g/mol. The molecule has 1 nitrogen and oxygen atoms in total. The summed E-state index contributed by atoms with van der Waals surface area (Å²) in [4.78, 5) is 0. The van der Waals surface area contributed by atoms with Gasteiger partial charge in [-0.05, 0) is 41.5 Å². The van der Waals surface area contributed by atoms with Crippen LogP contribution in [-0.2, 0) is 6.42 Å². The van der Waals surface area contributed by atoms with Crippen molar-refractivity contribution < 1.29 is 9.13 Å². The molecule has 0 atom stereocenters. The number of benzene rings is 3. The van der Waals surface area contributed by atoms with Gasteiger partial charge in [0.25, 0.3) is 0 Å². The van der Waals surface area contributed by atoms with Gasteiger partial charge in [-0.25, -0.2) is 4.39 Å². The first-order valence-electron chi connectivity index (χ1n) is 9.08. The summed E-state index contributed by atoms with van der Waals surface area (Å²) in [6, 6.07) is 17.5. The second kappa shape index (κ2) is 8.15. The van der Waals surface area contributed by atoms with E-state index < -0.39 is 0 Å². The standard InChI is InChI=1S/C23H25FO/c1-3-4-5-6-7-17-8-14-22-19(16-17)11-15-21(23(22)24)18-9-12-20(25-2)13-10-18/h8-16H,3-7H2,1-2H3. The highest BCUT2D eigenvalue weighted by atomic mass is 19.1. The molecule has 0 saturated heterocycles. The minimum Gasteiger partial charge on any atom is -0.497 e. The van der Waals surface area contributed by atoms with Crippen molar-refractivity contribution in [1.82, 2.24) is 0 Å². The number of ether oxygens (including phenoxy) is 1. The van der Waals surface area contributed by atoms with E-state index in [9.17, 15) is 4.39 Å². The molecule has 0 fully saturated rings. The summed E-state index contributed by atoms with van der Waals surface area (Å²) in [5.41, 5.74) is 2.79. The Hall–Kier alpha value is -2.35. The van der Waals surface area contributed by atoms with Crippen LogP contribution in [0.4, 0.5) is 4.39 Å². The molecule has 0 aliphatic heterocycles. The van der Waals surface area contributed by atoms with E-state index in [1.165, 1.54) is 31.2 Å². The van der Waals surface area contributed by atoms with Gasteiger partial charge in [-0.1, -0.05) is 68.7 Å². The molecular formula is C23H25FO. The molecule has 0 aliphatic carbocycles. The van der Waals surface area contributed by atoms with E-state index in [0.29, 0.717) is 10.9 Å². The molecule has 25 heavy (non-hydrogen) atoms. The van der Waals surface area contributed by atoms with Gasteiger partial charge in [-0.2, -0.15) is 0 Å². The predicted molar refractivity (Wildman–Crippen MR) is 104 cm³/mol. The smallest absolute Gasteiger partial charge is 0.138 e. The van der Waals surface area contributed by atoms with Crippen LogP contribution in [0, 0.1) is 5.82 Å². The fourth-order valence-corrected chi connectivity index (χ4v) is 3.25. The number of unbranched alkanes of at least 4 members (excludes halogenated alkanes) is 3. The van der Waals surface area contributed by atoms with E-state index in [1.807, 2.05) is 42.5 Å². The zero-order valence-corrected chi connectivity index (χ0v) is 15.0. The molecule has 0 radical (unpaired) electrons. The Morgan fingerprint density at radius 1 is 0.880 bits per heavy atom. The molecule has 130 valence electrons. The van der Waals surface area contributed by atoms with E-state index in [-0.39, 0.29) is 5.82 Å². The van der Waals surface area contributed by atoms with Gasteiger partial charge in [-0.15, -0.1) is 0 Å². The number of rotatable bonds is 7. The molecular weight excluding hydrogens is 311 g/mol. The number of halogens is 1. The first-order valence-corrected chi connectivity index (χ1v) is 9.08. The lowest BCUT2D eigenvalue weighted by atomic mass is 9.97. The second-order valence-electron chi connectivity index (χ2n) is 6.52. The molecule has 0 saturated carbocycles. The Morgan fingerprint density at radius 2 is 1.68 bits per heavy atom. The van der Waals surface area contributed by atoms with Gasteiger partial charge in [0.1, 0.15) is 11.6 Å². The Bertz CT molecular complexity index is 837. The highest BCUT2D eigenvalue weighted by Crippen LogP contribution is 2.30. The summed E-state index contributed by atoms with van der Waals surface area (Å²) in [5, 5.41) is 1.66. The molecule has 3 rings (SSSR count). The number of methoxy groups -OCH3 is 1. The summed E-state index contributed by atoms with van der Waals surface area (Å²) in [6.45, 7) is 2.22. The van der Waals surface area contributed by atoms with Crippen LogP contribution in [0.5, 0.6) is 5.75 Å². The maximum atomic E-state index is 15.0. The molecule has 0 N–H and O–H groups in total. The lowest BCUT2D eigenvalue weighted by molar-refractivity contribution is 0.415. The van der Waals surface area contributed by atoms with Crippen LogP contribution >= 0.6 is 0 Å².